The van der Waals surface area contributed by atoms with Crippen molar-refractivity contribution in [2.45, 2.75) is 56.4 Å². The van der Waals surface area contributed by atoms with Crippen LogP contribution >= 0.6 is 11.8 Å². The molecule has 0 saturated carbocycles. The van der Waals surface area contributed by atoms with Crippen LogP contribution in [0.5, 0.6) is 0 Å². The zero-order valence-corrected chi connectivity index (χ0v) is 25.7. The number of aryl methyl sites for hydroxylation is 1. The van der Waals surface area contributed by atoms with Gasteiger partial charge in [-0.25, -0.2) is 14.4 Å². The number of carbonyl (C=O) groups excluding carboxylic acids is 1. The van der Waals surface area contributed by atoms with E-state index < -0.39 is 17.8 Å². The fourth-order valence-electron chi connectivity index (χ4n) is 6.80. The Balaban J connectivity index is 1.34. The summed E-state index contributed by atoms with van der Waals surface area (Å²) < 4.78 is 13.8. The predicted octanol–water partition coefficient (Wildman–Crippen LogP) is 5.10. The fraction of sp³-hybridized carbons (Fsp3) is 0.455. The molecule has 2 aromatic carbocycles. The van der Waals surface area contributed by atoms with Crippen molar-refractivity contribution in [3.63, 3.8) is 0 Å². The maximum Gasteiger partial charge on any atom is 0.282 e. The van der Waals surface area contributed by atoms with E-state index in [1.807, 2.05) is 0 Å². The molecular weight excluding hydrogens is 561 g/mol. The van der Waals surface area contributed by atoms with E-state index >= 15 is 0 Å². The van der Waals surface area contributed by atoms with E-state index in [0.717, 1.165) is 47.5 Å². The minimum absolute atomic E-state index is 0.118. The molecule has 43 heavy (non-hydrogen) atoms. The van der Waals surface area contributed by atoms with Gasteiger partial charge in [0.1, 0.15) is 5.82 Å². The molecule has 3 aliphatic rings. The highest BCUT2D eigenvalue weighted by Crippen LogP contribution is 2.36. The topological polar surface area (TPSA) is 79.6 Å². The molecule has 2 fully saturated rings. The van der Waals surface area contributed by atoms with Gasteiger partial charge in [-0.2, -0.15) is 5.26 Å². The quantitative estimate of drug-likeness (QED) is 0.211. The van der Waals surface area contributed by atoms with Crippen LogP contribution in [0.4, 0.5) is 15.9 Å². The predicted molar refractivity (Wildman–Crippen MR) is 170 cm³/mol. The van der Waals surface area contributed by atoms with E-state index in [9.17, 15) is 14.4 Å². The van der Waals surface area contributed by atoms with Crippen LogP contribution in [0, 0.1) is 18.3 Å². The van der Waals surface area contributed by atoms with Crippen LogP contribution in [0.25, 0.3) is 10.8 Å². The Bertz CT molecular complexity index is 1580. The highest BCUT2D eigenvalue weighted by atomic mass is 32.2. The van der Waals surface area contributed by atoms with E-state index in [0.29, 0.717) is 32.2 Å². The number of anilines is 2. The molecule has 0 aliphatic carbocycles. The number of nitriles is 1. The molecule has 4 heterocycles. The molecule has 0 bridgehead atoms. The lowest BCUT2D eigenvalue weighted by atomic mass is 9.99. The number of rotatable bonds is 7. The number of nitrogens with zero attached hydrogens (tertiary/aromatic N) is 7. The standard InChI is InChI=1S/C33H38FN7OS/c1-22-7-4-8-24-9-5-11-29(30(22)24)39-16-13-27-28(20-39)36-33(43-21-26-10-6-15-38(26)3)37-31(27)40-17-18-41(32(42)23(2)34)25(19-40)12-14-35/h4-5,7-9,11,25-26H,2,6,10,12-13,15-21H2,1,3H3/t25-,26-/m0/s1. The summed E-state index contributed by atoms with van der Waals surface area (Å²) in [5.41, 5.74) is 4.62. The zero-order valence-electron chi connectivity index (χ0n) is 24.9. The molecule has 2 saturated heterocycles. The molecule has 6 rings (SSSR count). The first-order valence-electron chi connectivity index (χ1n) is 15.1. The average Bonchev–Trinajstić information content (AvgIpc) is 3.43. The Labute approximate surface area is 257 Å². The first-order chi connectivity index (χ1) is 20.8. The number of fused-ring (bicyclic) bond motifs is 2. The van der Waals surface area contributed by atoms with Crippen molar-refractivity contribution in [3.05, 3.63) is 65.6 Å². The number of hydrogen-bond acceptors (Lipinski definition) is 8. The Morgan fingerprint density at radius 2 is 1.93 bits per heavy atom. The van der Waals surface area contributed by atoms with Gasteiger partial charge in [-0.1, -0.05) is 48.7 Å². The van der Waals surface area contributed by atoms with Crippen LogP contribution in [0.2, 0.25) is 0 Å². The summed E-state index contributed by atoms with van der Waals surface area (Å²) in [5, 5.41) is 12.8. The number of piperazine rings is 1. The number of benzene rings is 2. The summed E-state index contributed by atoms with van der Waals surface area (Å²) in [6.45, 7) is 9.22. The monoisotopic (exact) mass is 599 g/mol. The van der Waals surface area contributed by atoms with Crippen LogP contribution in [0.3, 0.4) is 0 Å². The second-order valence-electron chi connectivity index (χ2n) is 11.8. The summed E-state index contributed by atoms with van der Waals surface area (Å²) >= 11 is 1.71. The average molecular weight is 600 g/mol. The molecule has 3 aliphatic heterocycles. The van der Waals surface area contributed by atoms with Crippen molar-refractivity contribution in [2.75, 3.05) is 55.3 Å². The highest BCUT2D eigenvalue weighted by molar-refractivity contribution is 7.99. The second kappa shape index (κ2) is 12.5. The highest BCUT2D eigenvalue weighted by Gasteiger charge is 2.35. The van der Waals surface area contributed by atoms with E-state index in [-0.39, 0.29) is 6.42 Å². The van der Waals surface area contributed by atoms with Gasteiger partial charge in [0.2, 0.25) is 0 Å². The van der Waals surface area contributed by atoms with E-state index in [2.05, 4.69) is 77.7 Å². The normalized spacial score (nSPS) is 20.7. The van der Waals surface area contributed by atoms with Crippen LogP contribution in [-0.2, 0) is 17.8 Å². The summed E-state index contributed by atoms with van der Waals surface area (Å²) in [5.74, 6) is 0.0895. The summed E-state index contributed by atoms with van der Waals surface area (Å²) in [7, 11) is 2.18. The van der Waals surface area contributed by atoms with Crippen molar-refractivity contribution < 1.29 is 9.18 Å². The molecule has 3 aromatic rings. The number of likely N-dealkylation sites (tertiary alicyclic amines) is 1. The number of aromatic nitrogens is 2. The Morgan fingerprint density at radius 1 is 1.12 bits per heavy atom. The van der Waals surface area contributed by atoms with Crippen molar-refractivity contribution in [3.8, 4) is 6.07 Å². The van der Waals surface area contributed by atoms with Crippen LogP contribution < -0.4 is 9.80 Å². The number of thioether (sulfide) groups is 1. The summed E-state index contributed by atoms with van der Waals surface area (Å²) in [6, 6.07) is 15.2. The molecule has 1 aromatic heterocycles. The van der Waals surface area contributed by atoms with Crippen molar-refractivity contribution >= 4 is 39.9 Å². The summed E-state index contributed by atoms with van der Waals surface area (Å²) in [6.07, 6.45) is 3.30. The molecule has 1 amide bonds. The molecule has 0 radical (unpaired) electrons. The third-order valence-electron chi connectivity index (χ3n) is 9.13. The van der Waals surface area contributed by atoms with Crippen LogP contribution in [-0.4, -0.2) is 83.3 Å². The van der Waals surface area contributed by atoms with Crippen molar-refractivity contribution in [1.29, 1.82) is 5.26 Å². The molecule has 0 unspecified atom stereocenters. The first-order valence-corrected chi connectivity index (χ1v) is 16.1. The summed E-state index contributed by atoms with van der Waals surface area (Å²) in [4.78, 5) is 31.3. The first kappa shape index (κ1) is 29.4. The van der Waals surface area contributed by atoms with Crippen LogP contribution in [0.15, 0.2) is 54.0 Å². The van der Waals surface area contributed by atoms with Gasteiger partial charge in [-0.05, 0) is 56.8 Å². The lowest BCUT2D eigenvalue weighted by Crippen LogP contribution is -2.55. The molecule has 224 valence electrons. The number of carbonyl (C=O) groups is 1. The molecule has 0 N–H and O–H groups in total. The molecular formula is C33H38FN7OS. The van der Waals surface area contributed by atoms with Gasteiger partial charge in [0.05, 0.1) is 30.8 Å². The van der Waals surface area contributed by atoms with Gasteiger partial charge in [-0.15, -0.1) is 0 Å². The number of hydrogen-bond donors (Lipinski definition) is 0. The van der Waals surface area contributed by atoms with Gasteiger partial charge >= 0.3 is 0 Å². The van der Waals surface area contributed by atoms with Gasteiger partial charge in [0, 0.05) is 54.6 Å². The molecule has 8 nitrogen and oxygen atoms in total. The second-order valence-corrected chi connectivity index (χ2v) is 12.8. The van der Waals surface area contributed by atoms with Crippen LogP contribution in [0.1, 0.15) is 36.1 Å². The third kappa shape index (κ3) is 5.93. The molecule has 2 atom stereocenters. The van der Waals surface area contributed by atoms with Crippen molar-refractivity contribution in [2.24, 2.45) is 0 Å². The smallest absolute Gasteiger partial charge is 0.282 e. The number of halogens is 1. The van der Waals surface area contributed by atoms with Gasteiger partial charge < -0.3 is 19.6 Å². The molecule has 10 heteroatoms. The lowest BCUT2D eigenvalue weighted by Gasteiger charge is -2.42. The van der Waals surface area contributed by atoms with Crippen molar-refractivity contribution in [1.82, 2.24) is 19.8 Å². The number of amides is 1. The molecule has 0 spiro atoms. The Morgan fingerprint density at radius 3 is 2.67 bits per heavy atom. The van der Waals surface area contributed by atoms with Gasteiger partial charge in [-0.3, -0.25) is 4.79 Å². The van der Waals surface area contributed by atoms with E-state index in [4.69, 9.17) is 9.97 Å². The van der Waals surface area contributed by atoms with E-state index in [1.165, 1.54) is 39.8 Å². The maximum absolute atomic E-state index is 13.8. The minimum Gasteiger partial charge on any atom is -0.365 e. The Kier molecular flexibility index (Phi) is 8.55. The lowest BCUT2D eigenvalue weighted by molar-refractivity contribution is -0.131. The fourth-order valence-corrected chi connectivity index (χ4v) is 7.89. The van der Waals surface area contributed by atoms with Gasteiger partial charge in [0.15, 0.2) is 11.0 Å². The zero-order chi connectivity index (χ0) is 30.1. The third-order valence-corrected chi connectivity index (χ3v) is 10.1. The van der Waals surface area contributed by atoms with E-state index in [1.54, 1.807) is 11.8 Å². The Hall–Kier alpha value is -3.68. The largest absolute Gasteiger partial charge is 0.365 e. The maximum atomic E-state index is 13.8. The van der Waals surface area contributed by atoms with Gasteiger partial charge in [0.25, 0.3) is 5.91 Å². The minimum atomic E-state index is -0.991. The SMILES string of the molecule is C=C(F)C(=O)N1CCN(c2nc(SC[C@@H]3CCCN3C)nc3c2CCN(c2cccc4cccc(C)c24)C3)C[C@@H]1CC#N.